The number of rotatable bonds is 33. The number of hydrogen-bond donors (Lipinski definition) is 1. The Hall–Kier alpha value is -13.8. The van der Waals surface area contributed by atoms with Gasteiger partial charge in [-0.05, 0) is 230 Å². The van der Waals surface area contributed by atoms with Gasteiger partial charge in [0.1, 0.15) is 12.7 Å². The van der Waals surface area contributed by atoms with E-state index in [1.54, 1.807) is 39.0 Å². The van der Waals surface area contributed by atoms with Crippen molar-refractivity contribution in [3.05, 3.63) is 251 Å². The first-order chi connectivity index (χ1) is 67.7. The Morgan fingerprint density at radius 1 is 0.408 bits per heavy atom. The quantitative estimate of drug-likeness (QED) is 0.00998. The number of carbonyl (C=O) groups is 7. The topological polar surface area (TPSA) is 284 Å². The Balaban J connectivity index is 0.0000133. The minimum atomic E-state index is -1.54. The number of aromatic nitrogens is 8. The fourth-order valence-corrected chi connectivity index (χ4v) is 20.8. The molecule has 142 heavy (non-hydrogen) atoms. The van der Waals surface area contributed by atoms with Crippen LogP contribution in [0.3, 0.4) is 0 Å². The second-order valence-electron chi connectivity index (χ2n) is 42.3. The molecule has 23 nitrogen and oxygen atoms in total. The number of carbonyl (C=O) groups excluding carboxylic acids is 7. The van der Waals surface area contributed by atoms with Crippen LogP contribution in [0, 0.1) is 16.7 Å². The normalized spacial score (nSPS) is 14.1. The standard InChI is InChI=1S/C118H122N12O11.Cu/c1-16-18-19-20-21-22-23-24-25-32-57-128-108(132)87-53-49-79-81-51-55-89-98-90(56-52-82(96(81)98)80-50-54-88(109(128)133)97(87)95(79)80)111(135)129(110(89)134)58-59-139-67-78(66-138-15)141-112(136)117(12,13)68-118(14,113(137)140-65-69-37-43-77(44-38-69)130(75-33-28-26-29-34-75)76-35-30-27-31-36-76)64-70(17-2)107(131)119-74-42-48-86-94(63-74)106-126-101-85-47-41-73(116(9,10)11)62-93(85)104(124-101)122-99-83-45-39-71(114(3,4)5)60-91(83)103(120-99)121-100-84-46-40-72(115(6,7)8)61-92(84)105(123-100)125-102(86)127-106;/h26-31,33-56,60-63,70,78H,16-25,32,57-59,64-68H2,1-15H3,(H3,119,120,121,122,123,124,125,126,127,131,132,133,134,135);/q;+2/p-2. The molecule has 0 fully saturated rings. The molecule has 19 rings (SSSR count). The maximum atomic E-state index is 15.6. The average Bonchev–Trinajstić information content (AvgIpc) is 0.734. The number of nitrogens with zero attached hydrogens (tertiary/aromatic N) is 11. The van der Waals surface area contributed by atoms with Gasteiger partial charge >= 0.3 is 29.0 Å². The van der Waals surface area contributed by atoms with E-state index in [1.165, 1.54) is 55.4 Å². The molecule has 0 saturated heterocycles. The maximum Gasteiger partial charge on any atom is 2.00 e. The molecule has 1 radical (unpaired) electrons. The number of esters is 2. The molecule has 729 valence electrons. The predicted octanol–water partition coefficient (Wildman–Crippen LogP) is 25.4. The number of imide groups is 2. The van der Waals surface area contributed by atoms with Crippen LogP contribution >= 0.6 is 0 Å². The van der Waals surface area contributed by atoms with E-state index in [1.807, 2.05) is 146 Å². The van der Waals surface area contributed by atoms with Crippen molar-refractivity contribution >= 4 is 151 Å². The second-order valence-corrected chi connectivity index (χ2v) is 42.3. The zero-order chi connectivity index (χ0) is 98.9. The molecule has 4 aliphatic heterocycles. The number of anilines is 4. The third-order valence-electron chi connectivity index (χ3n) is 28.5. The van der Waals surface area contributed by atoms with Crippen molar-refractivity contribution in [2.45, 2.75) is 209 Å². The minimum absolute atomic E-state index is 0. The first kappa shape index (κ1) is 98.4. The number of amides is 5. The number of methoxy groups -OCH3 is 1. The number of nitrogens with one attached hydrogen (secondary N) is 1. The van der Waals surface area contributed by atoms with Crippen LogP contribution in [0.4, 0.5) is 22.7 Å². The number of para-hydroxylation sites is 2. The number of benzene rings is 12. The summed E-state index contributed by atoms with van der Waals surface area (Å²) in [7, 11) is 1.47. The Morgan fingerprint density at radius 2 is 0.817 bits per heavy atom. The molecule has 0 saturated carbocycles. The van der Waals surface area contributed by atoms with Gasteiger partial charge in [-0.15, -0.1) is 0 Å². The van der Waals surface area contributed by atoms with Gasteiger partial charge in [0.2, 0.25) is 5.91 Å². The molecule has 3 aromatic heterocycles. The molecular formula is C118H120CuN12O11. The van der Waals surface area contributed by atoms with Crippen molar-refractivity contribution in [2.24, 2.45) is 16.7 Å². The van der Waals surface area contributed by atoms with Gasteiger partial charge in [-0.2, -0.15) is 0 Å². The summed E-state index contributed by atoms with van der Waals surface area (Å²) >= 11 is 0. The van der Waals surface area contributed by atoms with Crippen LogP contribution in [0.25, 0.3) is 133 Å². The van der Waals surface area contributed by atoms with Gasteiger partial charge in [0.15, 0.2) is 0 Å². The summed E-state index contributed by atoms with van der Waals surface area (Å²) in [6.45, 7) is 28.4. The van der Waals surface area contributed by atoms with Crippen molar-refractivity contribution in [1.29, 1.82) is 0 Å². The van der Waals surface area contributed by atoms with Gasteiger partial charge in [0.05, 0.1) is 60.5 Å². The number of hydrogen-bond acceptors (Lipinski definition) is 18. The fourth-order valence-electron chi connectivity index (χ4n) is 20.8. The van der Waals surface area contributed by atoms with E-state index in [2.05, 4.69) is 128 Å². The summed E-state index contributed by atoms with van der Waals surface area (Å²) < 4.78 is 24.7. The van der Waals surface area contributed by atoms with Gasteiger partial charge in [-0.1, -0.05) is 249 Å². The molecule has 0 spiro atoms. The Morgan fingerprint density at radius 3 is 1.28 bits per heavy atom. The zero-order valence-corrected chi connectivity index (χ0v) is 84.4. The van der Waals surface area contributed by atoms with Crippen LogP contribution in [-0.2, 0) is 73.3 Å². The second kappa shape index (κ2) is 39.6. The van der Waals surface area contributed by atoms with Crippen molar-refractivity contribution in [1.82, 2.24) is 49.7 Å². The summed E-state index contributed by atoms with van der Waals surface area (Å²) in [5.74, 6) is -2.62. The van der Waals surface area contributed by atoms with Crippen LogP contribution < -0.4 is 20.2 Å². The van der Waals surface area contributed by atoms with Gasteiger partial charge in [-0.25, -0.2) is 9.97 Å². The number of unbranched alkanes of at least 4 members (excludes halogenated alkanes) is 9. The molecule has 3 unspecified atom stereocenters. The first-order valence-electron chi connectivity index (χ1n) is 49.6. The Labute approximate surface area is 838 Å². The smallest absolute Gasteiger partial charge is 0.460 e. The molecule has 0 aliphatic carbocycles. The third kappa shape index (κ3) is 19.1. The Kier molecular flexibility index (Phi) is 27.5. The molecule has 5 amide bonds. The van der Waals surface area contributed by atoms with Crippen LogP contribution in [0.15, 0.2) is 206 Å². The summed E-state index contributed by atoms with van der Waals surface area (Å²) in [4.78, 5) is 152. The van der Waals surface area contributed by atoms with Gasteiger partial charge in [0.25, 0.3) is 23.6 Å². The van der Waals surface area contributed by atoms with E-state index >= 15 is 14.4 Å². The Bertz CT molecular complexity index is 7500. The van der Waals surface area contributed by atoms with Crippen molar-refractivity contribution in [3.8, 4) is 45.6 Å². The summed E-state index contributed by atoms with van der Waals surface area (Å²) in [6, 6.07) is 66.9. The molecule has 3 atom stereocenters. The summed E-state index contributed by atoms with van der Waals surface area (Å²) in [5.41, 5.74) is 9.62. The molecule has 12 aromatic carbocycles. The van der Waals surface area contributed by atoms with E-state index in [0.717, 1.165) is 125 Å². The van der Waals surface area contributed by atoms with Crippen molar-refractivity contribution in [3.63, 3.8) is 0 Å². The van der Waals surface area contributed by atoms with E-state index in [4.69, 9.17) is 58.8 Å². The summed E-state index contributed by atoms with van der Waals surface area (Å²) in [6.07, 6.45) is 10.4. The van der Waals surface area contributed by atoms with E-state index < -0.39 is 52.5 Å². The molecule has 15 aromatic rings. The molecule has 8 bridgehead atoms. The SMILES string of the molecule is CCCCCCCCCCCCN1C(=O)c2ccc3c4ccc5c6c(ccc(c7ccc(c2c37)C1=O)c64)C(=O)N(CCOCC(COC)OC(=O)C(C)(C)CC(C)(CC(CC)C(=O)Nc1ccc2c3nc4nc(nc6[n-]c(nc7nc(nc([n-]3)c2c1)-c1ccc(C(C)(C)C)cc1-7)c1ccc(C(C)(C)C)cc61)-c1ccc(C(C)(C)C)cc1-4)C(=O)OCc1ccc(N(c2ccccc2)c2ccccc2)cc1)C5=O.[Cu+2]. The molecule has 24 heteroatoms. The number of ether oxygens (including phenoxy) is 4. The largest absolute Gasteiger partial charge is 2.00 e. The van der Waals surface area contributed by atoms with E-state index in [-0.39, 0.29) is 103 Å². The van der Waals surface area contributed by atoms with Gasteiger partial charge < -0.3 is 59.1 Å². The van der Waals surface area contributed by atoms with Crippen molar-refractivity contribution < 1.29 is 69.6 Å². The van der Waals surface area contributed by atoms with E-state index in [9.17, 15) is 19.2 Å². The van der Waals surface area contributed by atoms with Gasteiger partial charge in [-0.3, -0.25) is 43.4 Å². The van der Waals surface area contributed by atoms with Crippen LogP contribution in [0.2, 0.25) is 0 Å². The molecular weight excluding hydrogens is 1820 g/mol. The molecule has 7 heterocycles. The fraction of sp³-hybridized carbons (Fsp3) is 0.347. The summed E-state index contributed by atoms with van der Waals surface area (Å²) in [5, 5.41) is 11.9. The molecule has 4 aliphatic rings. The van der Waals surface area contributed by atoms with E-state index in [0.29, 0.717) is 102 Å². The third-order valence-corrected chi connectivity index (χ3v) is 28.5. The molecule has 1 N–H and O–H groups in total. The van der Waals surface area contributed by atoms with Crippen LogP contribution in [0.5, 0.6) is 0 Å². The van der Waals surface area contributed by atoms with Crippen molar-refractivity contribution in [2.75, 3.05) is 50.2 Å². The zero-order valence-electron chi connectivity index (χ0n) is 83.4. The van der Waals surface area contributed by atoms with Crippen LogP contribution in [0.1, 0.15) is 244 Å². The maximum absolute atomic E-state index is 15.6. The minimum Gasteiger partial charge on any atom is -0.460 e. The number of fused-ring (bicyclic) bond motifs is 22. The average molecular weight is 1950 g/mol. The first-order valence-corrected chi connectivity index (χ1v) is 49.6. The van der Waals surface area contributed by atoms with Gasteiger partial charge in [0, 0.05) is 120 Å². The van der Waals surface area contributed by atoms with Crippen LogP contribution in [-0.4, -0.2) is 127 Å². The predicted molar refractivity (Wildman–Crippen MR) is 557 cm³/mol. The monoisotopic (exact) mass is 1940 g/mol.